The highest BCUT2D eigenvalue weighted by atomic mass is 16.5. The summed E-state index contributed by atoms with van der Waals surface area (Å²) < 4.78 is 5.31. The van der Waals surface area contributed by atoms with Gasteiger partial charge in [-0.15, -0.1) is 0 Å². The molecule has 1 aromatic rings. The van der Waals surface area contributed by atoms with Crippen LogP contribution < -0.4 is 0 Å². The van der Waals surface area contributed by atoms with Crippen LogP contribution in [0.25, 0.3) is 6.08 Å². The molecule has 2 atom stereocenters. The largest absolute Gasteiger partial charge is 0.385 e. The summed E-state index contributed by atoms with van der Waals surface area (Å²) in [6.45, 7) is 1.88. The van der Waals surface area contributed by atoms with E-state index in [4.69, 9.17) is 4.74 Å². The Kier molecular flexibility index (Phi) is 2.17. The van der Waals surface area contributed by atoms with Gasteiger partial charge in [-0.1, -0.05) is 30.3 Å². The van der Waals surface area contributed by atoms with Crippen LogP contribution in [0.2, 0.25) is 0 Å². The zero-order valence-electron chi connectivity index (χ0n) is 8.40. The lowest BCUT2D eigenvalue weighted by molar-refractivity contribution is -0.0593. The van der Waals surface area contributed by atoms with Crippen molar-refractivity contribution in [2.45, 2.75) is 18.6 Å². The first kappa shape index (κ1) is 9.44. The molecule has 0 aliphatic heterocycles. The van der Waals surface area contributed by atoms with Crippen LogP contribution in [0.1, 0.15) is 24.2 Å². The van der Waals surface area contributed by atoms with Gasteiger partial charge < -0.3 is 9.84 Å². The second kappa shape index (κ2) is 3.23. The summed E-state index contributed by atoms with van der Waals surface area (Å²) in [4.78, 5) is 0. The summed E-state index contributed by atoms with van der Waals surface area (Å²) in [7, 11) is 1.61. The van der Waals surface area contributed by atoms with Crippen molar-refractivity contribution in [3.63, 3.8) is 0 Å². The maximum atomic E-state index is 10.1. The summed E-state index contributed by atoms with van der Waals surface area (Å²) >= 11 is 0. The summed E-state index contributed by atoms with van der Waals surface area (Å²) in [5.74, 6) is 0. The molecule has 0 fully saturated rings. The van der Waals surface area contributed by atoms with Crippen molar-refractivity contribution in [1.29, 1.82) is 0 Å². The Morgan fingerprint density at radius 2 is 2.07 bits per heavy atom. The maximum Gasteiger partial charge on any atom is 0.113 e. The molecule has 2 heteroatoms. The fourth-order valence-corrected chi connectivity index (χ4v) is 1.75. The molecular formula is C12H14O2. The van der Waals surface area contributed by atoms with Crippen LogP contribution >= 0.6 is 0 Å². The van der Waals surface area contributed by atoms with Crippen LogP contribution in [0.3, 0.4) is 0 Å². The number of methoxy groups -OCH3 is 1. The van der Waals surface area contributed by atoms with Gasteiger partial charge in [-0.05, 0) is 24.1 Å². The fraction of sp³-hybridized carbons (Fsp3) is 0.333. The Labute approximate surface area is 83.8 Å². The standard InChI is InChI=1S/C12H14O2/c1-12(14-2)8-7-9-5-3-4-6-10(9)11(12)13/h3-8,11,13H,1-2H3. The van der Waals surface area contributed by atoms with E-state index >= 15 is 0 Å². The number of fused-ring (bicyclic) bond motifs is 1. The predicted molar refractivity (Wildman–Crippen MR) is 55.8 cm³/mol. The summed E-state index contributed by atoms with van der Waals surface area (Å²) in [6, 6.07) is 7.81. The number of rotatable bonds is 1. The van der Waals surface area contributed by atoms with Gasteiger partial charge in [0.15, 0.2) is 0 Å². The third-order valence-corrected chi connectivity index (χ3v) is 2.87. The number of benzene rings is 1. The first-order chi connectivity index (χ1) is 6.67. The molecule has 0 saturated carbocycles. The zero-order chi connectivity index (χ0) is 10.2. The van der Waals surface area contributed by atoms with Crippen LogP contribution in [-0.2, 0) is 4.74 Å². The molecule has 0 spiro atoms. The normalized spacial score (nSPS) is 30.1. The molecular weight excluding hydrogens is 176 g/mol. The van der Waals surface area contributed by atoms with Crippen LogP contribution in [0.5, 0.6) is 0 Å². The van der Waals surface area contributed by atoms with Crippen molar-refractivity contribution in [1.82, 2.24) is 0 Å². The molecule has 1 aliphatic carbocycles. The van der Waals surface area contributed by atoms with Gasteiger partial charge in [0.1, 0.15) is 11.7 Å². The molecule has 2 unspecified atom stereocenters. The van der Waals surface area contributed by atoms with Gasteiger partial charge in [-0.25, -0.2) is 0 Å². The summed E-state index contributed by atoms with van der Waals surface area (Å²) in [5, 5.41) is 10.1. The van der Waals surface area contributed by atoms with E-state index in [2.05, 4.69) is 0 Å². The smallest absolute Gasteiger partial charge is 0.113 e. The first-order valence-electron chi connectivity index (χ1n) is 4.69. The third-order valence-electron chi connectivity index (χ3n) is 2.87. The number of ether oxygens (including phenoxy) is 1. The van der Waals surface area contributed by atoms with Crippen molar-refractivity contribution in [2.75, 3.05) is 7.11 Å². The Bertz CT molecular complexity index is 370. The van der Waals surface area contributed by atoms with Gasteiger partial charge in [-0.3, -0.25) is 0 Å². The second-order valence-electron chi connectivity index (χ2n) is 3.75. The van der Waals surface area contributed by atoms with E-state index in [0.717, 1.165) is 11.1 Å². The Hall–Kier alpha value is -1.12. The SMILES string of the molecule is COC1(C)C=Cc2ccccc2C1O. The first-order valence-corrected chi connectivity index (χ1v) is 4.69. The second-order valence-corrected chi connectivity index (χ2v) is 3.75. The Balaban J connectivity index is 2.50. The third kappa shape index (κ3) is 1.27. The number of hydrogen-bond acceptors (Lipinski definition) is 2. The van der Waals surface area contributed by atoms with Gasteiger partial charge in [0, 0.05) is 7.11 Å². The highest BCUT2D eigenvalue weighted by Gasteiger charge is 2.34. The minimum Gasteiger partial charge on any atom is -0.385 e. The lowest BCUT2D eigenvalue weighted by atomic mass is 9.84. The average molecular weight is 190 g/mol. The van der Waals surface area contributed by atoms with Gasteiger partial charge in [0.05, 0.1) is 0 Å². The highest BCUT2D eigenvalue weighted by Crippen LogP contribution is 2.36. The van der Waals surface area contributed by atoms with Gasteiger partial charge >= 0.3 is 0 Å². The monoisotopic (exact) mass is 190 g/mol. The molecule has 0 bridgehead atoms. The van der Waals surface area contributed by atoms with Gasteiger partial charge in [-0.2, -0.15) is 0 Å². The van der Waals surface area contributed by atoms with E-state index in [-0.39, 0.29) is 0 Å². The minimum absolute atomic E-state index is 0.589. The molecule has 0 heterocycles. The molecule has 0 radical (unpaired) electrons. The molecule has 1 N–H and O–H groups in total. The van der Waals surface area contributed by atoms with Crippen LogP contribution in [0, 0.1) is 0 Å². The minimum atomic E-state index is -0.603. The fourth-order valence-electron chi connectivity index (χ4n) is 1.75. The van der Waals surface area contributed by atoms with Crippen molar-refractivity contribution < 1.29 is 9.84 Å². The summed E-state index contributed by atoms with van der Waals surface area (Å²) in [6.07, 6.45) is 3.31. The van der Waals surface area contributed by atoms with E-state index in [9.17, 15) is 5.11 Å². The van der Waals surface area contributed by atoms with Crippen molar-refractivity contribution in [3.8, 4) is 0 Å². The predicted octanol–water partition coefficient (Wildman–Crippen LogP) is 2.15. The molecule has 2 nitrogen and oxygen atoms in total. The van der Waals surface area contributed by atoms with E-state index in [0.29, 0.717) is 0 Å². The van der Waals surface area contributed by atoms with Crippen LogP contribution in [0.15, 0.2) is 30.3 Å². The molecule has 1 aromatic carbocycles. The number of hydrogen-bond donors (Lipinski definition) is 1. The summed E-state index contributed by atoms with van der Waals surface area (Å²) in [5.41, 5.74) is 1.39. The van der Waals surface area contributed by atoms with Crippen LogP contribution in [-0.4, -0.2) is 17.8 Å². The highest BCUT2D eigenvalue weighted by molar-refractivity contribution is 5.59. The zero-order valence-corrected chi connectivity index (χ0v) is 8.40. The topological polar surface area (TPSA) is 29.5 Å². The van der Waals surface area contributed by atoms with E-state index in [1.165, 1.54) is 0 Å². The van der Waals surface area contributed by atoms with Crippen molar-refractivity contribution in [3.05, 3.63) is 41.5 Å². The maximum absolute atomic E-state index is 10.1. The van der Waals surface area contributed by atoms with Crippen molar-refractivity contribution >= 4 is 6.08 Å². The molecule has 0 amide bonds. The van der Waals surface area contributed by atoms with Crippen LogP contribution in [0.4, 0.5) is 0 Å². The quantitative estimate of drug-likeness (QED) is 0.735. The number of aliphatic hydroxyl groups is 1. The van der Waals surface area contributed by atoms with Gasteiger partial charge in [0.25, 0.3) is 0 Å². The van der Waals surface area contributed by atoms with E-state index < -0.39 is 11.7 Å². The van der Waals surface area contributed by atoms with Crippen molar-refractivity contribution in [2.24, 2.45) is 0 Å². The molecule has 2 rings (SSSR count). The molecule has 1 aliphatic rings. The van der Waals surface area contributed by atoms with E-state index in [1.54, 1.807) is 7.11 Å². The molecule has 74 valence electrons. The molecule has 0 aromatic heterocycles. The Morgan fingerprint density at radius 3 is 2.79 bits per heavy atom. The lowest BCUT2D eigenvalue weighted by Gasteiger charge is -2.34. The molecule has 14 heavy (non-hydrogen) atoms. The lowest BCUT2D eigenvalue weighted by Crippen LogP contribution is -2.35. The number of aliphatic hydroxyl groups excluding tert-OH is 1. The van der Waals surface area contributed by atoms with E-state index in [1.807, 2.05) is 43.3 Å². The molecule has 0 saturated heterocycles. The average Bonchev–Trinajstić information content (AvgIpc) is 2.24. The Morgan fingerprint density at radius 1 is 1.36 bits per heavy atom. The van der Waals surface area contributed by atoms with Gasteiger partial charge in [0.2, 0.25) is 0 Å².